The molecule has 2 aromatic rings. The average molecular weight is 251 g/mol. The molecule has 0 aliphatic rings. The van der Waals surface area contributed by atoms with Crippen LogP contribution in [-0.2, 0) is 13.5 Å². The van der Waals surface area contributed by atoms with Crippen LogP contribution in [0.5, 0.6) is 0 Å². The van der Waals surface area contributed by atoms with Crippen LogP contribution in [0.4, 0.5) is 0 Å². The third-order valence-electron chi connectivity index (χ3n) is 2.66. The van der Waals surface area contributed by atoms with E-state index in [1.807, 2.05) is 43.6 Å². The maximum Gasteiger partial charge on any atom is 0.0643 e. The molecule has 0 spiro atoms. The predicted octanol–water partition coefficient (Wildman–Crippen LogP) is 1.82. The van der Waals surface area contributed by atoms with Gasteiger partial charge in [0.1, 0.15) is 0 Å². The van der Waals surface area contributed by atoms with Crippen molar-refractivity contribution in [3.63, 3.8) is 0 Å². The number of nitrogens with zero attached hydrogens (tertiary/aromatic N) is 2. The highest BCUT2D eigenvalue weighted by Gasteiger charge is 2.14. The maximum absolute atomic E-state index is 6.15. The van der Waals surface area contributed by atoms with Crippen molar-refractivity contribution in [1.82, 2.24) is 15.2 Å². The first kappa shape index (κ1) is 12.1. The number of aromatic nitrogens is 2. The van der Waals surface area contributed by atoms with Crippen molar-refractivity contribution in [3.05, 3.63) is 52.8 Å². The summed E-state index contributed by atoms with van der Waals surface area (Å²) in [5, 5.41) is 5.05. The summed E-state index contributed by atoms with van der Waals surface area (Å²) in [7, 11) is 1.89. The summed E-state index contributed by atoms with van der Waals surface area (Å²) in [6.07, 6.45) is 2.62. The molecule has 0 amide bonds. The van der Waals surface area contributed by atoms with Crippen molar-refractivity contribution in [3.8, 4) is 0 Å². The summed E-state index contributed by atoms with van der Waals surface area (Å²) in [5.41, 5.74) is 4.75. The van der Waals surface area contributed by atoms with Crippen LogP contribution in [0.3, 0.4) is 0 Å². The van der Waals surface area contributed by atoms with Crippen LogP contribution in [0.2, 0.25) is 5.02 Å². The largest absolute Gasteiger partial charge is 0.276 e. The Morgan fingerprint density at radius 2 is 2.18 bits per heavy atom. The van der Waals surface area contributed by atoms with Crippen LogP contribution >= 0.6 is 11.6 Å². The summed E-state index contributed by atoms with van der Waals surface area (Å²) in [4.78, 5) is 0. The van der Waals surface area contributed by atoms with Crippen molar-refractivity contribution < 1.29 is 0 Å². The molecule has 17 heavy (non-hydrogen) atoms. The summed E-state index contributed by atoms with van der Waals surface area (Å²) in [5.74, 6) is 5.59. The molecule has 2 rings (SSSR count). The molecule has 0 aliphatic heterocycles. The van der Waals surface area contributed by atoms with Gasteiger partial charge in [-0.15, -0.1) is 0 Å². The second-order valence-corrected chi connectivity index (χ2v) is 4.33. The van der Waals surface area contributed by atoms with E-state index in [4.69, 9.17) is 17.4 Å². The normalized spacial score (nSPS) is 12.6. The van der Waals surface area contributed by atoms with E-state index in [0.717, 1.165) is 11.3 Å². The van der Waals surface area contributed by atoms with Crippen molar-refractivity contribution in [2.24, 2.45) is 12.9 Å². The highest BCUT2D eigenvalue weighted by atomic mass is 35.5. The molecule has 1 aromatic carbocycles. The molecule has 0 radical (unpaired) electrons. The number of rotatable bonds is 4. The van der Waals surface area contributed by atoms with Gasteiger partial charge in [0, 0.05) is 24.7 Å². The monoisotopic (exact) mass is 250 g/mol. The van der Waals surface area contributed by atoms with Gasteiger partial charge >= 0.3 is 0 Å². The Labute approximate surface area is 105 Å². The van der Waals surface area contributed by atoms with E-state index in [1.165, 1.54) is 0 Å². The van der Waals surface area contributed by atoms with E-state index in [2.05, 4.69) is 10.5 Å². The van der Waals surface area contributed by atoms with Gasteiger partial charge in [-0.1, -0.05) is 29.8 Å². The highest BCUT2D eigenvalue weighted by Crippen LogP contribution is 2.24. The van der Waals surface area contributed by atoms with Crippen molar-refractivity contribution in [2.45, 2.75) is 12.5 Å². The van der Waals surface area contributed by atoms with Gasteiger partial charge in [-0.05, 0) is 17.7 Å². The molecule has 3 N–H and O–H groups in total. The van der Waals surface area contributed by atoms with Crippen LogP contribution in [-0.4, -0.2) is 9.78 Å². The third kappa shape index (κ3) is 2.85. The van der Waals surface area contributed by atoms with E-state index < -0.39 is 0 Å². The quantitative estimate of drug-likeness (QED) is 0.643. The minimum atomic E-state index is -0.0291. The van der Waals surface area contributed by atoms with Gasteiger partial charge in [0.05, 0.1) is 11.7 Å². The molecule has 4 nitrogen and oxygen atoms in total. The number of hydrazine groups is 1. The zero-order valence-corrected chi connectivity index (χ0v) is 10.4. The number of nitrogens with two attached hydrogens (primary N) is 1. The Morgan fingerprint density at radius 3 is 2.76 bits per heavy atom. The Bertz CT molecular complexity index is 495. The van der Waals surface area contributed by atoms with Gasteiger partial charge in [0.15, 0.2) is 0 Å². The van der Waals surface area contributed by atoms with E-state index in [-0.39, 0.29) is 6.04 Å². The third-order valence-corrected chi connectivity index (χ3v) is 3.01. The molecule has 90 valence electrons. The smallest absolute Gasteiger partial charge is 0.0643 e. The van der Waals surface area contributed by atoms with Crippen LogP contribution in [0.15, 0.2) is 36.5 Å². The van der Waals surface area contributed by atoms with E-state index in [9.17, 15) is 0 Å². The lowest BCUT2D eigenvalue weighted by Crippen LogP contribution is -2.30. The Hall–Kier alpha value is -1.36. The van der Waals surface area contributed by atoms with Gasteiger partial charge in [-0.2, -0.15) is 5.10 Å². The van der Waals surface area contributed by atoms with Crippen LogP contribution in [0, 0.1) is 0 Å². The van der Waals surface area contributed by atoms with Crippen LogP contribution in [0.25, 0.3) is 0 Å². The van der Waals surface area contributed by atoms with E-state index in [1.54, 1.807) is 4.68 Å². The van der Waals surface area contributed by atoms with Gasteiger partial charge in [0.25, 0.3) is 0 Å². The molecule has 0 aliphatic carbocycles. The molecule has 1 atom stereocenters. The summed E-state index contributed by atoms with van der Waals surface area (Å²) in [6, 6.07) is 9.62. The fraction of sp³-hybridized carbons (Fsp3) is 0.250. The Morgan fingerprint density at radius 1 is 1.41 bits per heavy atom. The molecular formula is C12H15ClN4. The standard InChI is InChI=1S/C12H15ClN4/c1-17-7-6-9(16-17)8-12(15-14)10-4-2-3-5-11(10)13/h2-7,12,15H,8,14H2,1H3. The van der Waals surface area contributed by atoms with Crippen molar-refractivity contribution >= 4 is 11.6 Å². The van der Waals surface area contributed by atoms with E-state index >= 15 is 0 Å². The van der Waals surface area contributed by atoms with Crippen molar-refractivity contribution in [1.29, 1.82) is 0 Å². The molecule has 0 bridgehead atoms. The molecular weight excluding hydrogens is 236 g/mol. The molecule has 5 heteroatoms. The first-order valence-corrected chi connectivity index (χ1v) is 5.77. The highest BCUT2D eigenvalue weighted by molar-refractivity contribution is 6.31. The first-order chi connectivity index (χ1) is 8.20. The van der Waals surface area contributed by atoms with Crippen LogP contribution < -0.4 is 11.3 Å². The number of halogens is 1. The fourth-order valence-electron chi connectivity index (χ4n) is 1.80. The lowest BCUT2D eigenvalue weighted by Gasteiger charge is -2.16. The lowest BCUT2D eigenvalue weighted by molar-refractivity contribution is 0.541. The number of nitrogens with one attached hydrogen (secondary N) is 1. The summed E-state index contributed by atoms with van der Waals surface area (Å²) >= 11 is 6.15. The second kappa shape index (κ2) is 5.31. The van der Waals surface area contributed by atoms with Crippen molar-refractivity contribution in [2.75, 3.05) is 0 Å². The molecule has 1 unspecified atom stereocenters. The lowest BCUT2D eigenvalue weighted by atomic mass is 10.0. The van der Waals surface area contributed by atoms with Gasteiger partial charge in [0.2, 0.25) is 0 Å². The zero-order chi connectivity index (χ0) is 12.3. The average Bonchev–Trinajstić information content (AvgIpc) is 2.73. The Kier molecular flexibility index (Phi) is 3.78. The number of benzene rings is 1. The Balaban J connectivity index is 2.20. The molecule has 1 aromatic heterocycles. The van der Waals surface area contributed by atoms with Gasteiger partial charge in [-0.3, -0.25) is 16.0 Å². The predicted molar refractivity (Wildman–Crippen MR) is 68.4 cm³/mol. The SMILES string of the molecule is Cn1ccc(CC(NN)c2ccccc2Cl)n1. The number of hydrogen-bond acceptors (Lipinski definition) is 3. The second-order valence-electron chi connectivity index (χ2n) is 3.93. The van der Waals surface area contributed by atoms with Gasteiger partial charge < -0.3 is 0 Å². The van der Waals surface area contributed by atoms with Gasteiger partial charge in [-0.25, -0.2) is 0 Å². The minimum absolute atomic E-state index is 0.0291. The zero-order valence-electron chi connectivity index (χ0n) is 9.60. The molecule has 0 fully saturated rings. The van der Waals surface area contributed by atoms with E-state index in [0.29, 0.717) is 11.4 Å². The number of hydrogen-bond donors (Lipinski definition) is 2. The topological polar surface area (TPSA) is 55.9 Å². The van der Waals surface area contributed by atoms with Crippen LogP contribution in [0.1, 0.15) is 17.3 Å². The fourth-order valence-corrected chi connectivity index (χ4v) is 2.06. The summed E-state index contributed by atoms with van der Waals surface area (Å²) < 4.78 is 1.77. The number of aryl methyl sites for hydroxylation is 1. The first-order valence-electron chi connectivity index (χ1n) is 5.40. The summed E-state index contributed by atoms with van der Waals surface area (Å²) in [6.45, 7) is 0. The maximum atomic E-state index is 6.15. The molecule has 0 saturated heterocycles. The minimum Gasteiger partial charge on any atom is -0.276 e. The molecule has 0 saturated carbocycles. The molecule has 1 heterocycles.